The van der Waals surface area contributed by atoms with Crippen LogP contribution in [0.4, 0.5) is 0 Å². The molecule has 7 heteroatoms. The first-order chi connectivity index (χ1) is 11.0. The van der Waals surface area contributed by atoms with Gasteiger partial charge in [-0.1, -0.05) is 18.2 Å². The van der Waals surface area contributed by atoms with Gasteiger partial charge in [0.1, 0.15) is 5.75 Å². The van der Waals surface area contributed by atoms with Crippen LogP contribution in [0.5, 0.6) is 5.75 Å². The number of aliphatic carboxylic acids is 1. The summed E-state index contributed by atoms with van der Waals surface area (Å²) >= 11 is 0. The second-order valence-electron chi connectivity index (χ2n) is 5.37. The van der Waals surface area contributed by atoms with E-state index in [9.17, 15) is 19.5 Å². The van der Waals surface area contributed by atoms with Crippen LogP contribution in [0.25, 0.3) is 0 Å². The number of amides is 2. The molecule has 2 amide bonds. The summed E-state index contributed by atoms with van der Waals surface area (Å²) in [5, 5.41) is 9.28. The van der Waals surface area contributed by atoms with Crippen LogP contribution < -0.4 is 4.74 Å². The fraction of sp³-hybridized carbons (Fsp3) is 0.438. The molecule has 1 aromatic rings. The van der Waals surface area contributed by atoms with Crippen LogP contribution in [-0.4, -0.2) is 55.2 Å². The highest BCUT2D eigenvalue weighted by Gasteiger charge is 2.54. The van der Waals surface area contributed by atoms with Gasteiger partial charge in [0.25, 0.3) is 0 Å². The Kier molecular flexibility index (Phi) is 5.00. The molecule has 1 atom stereocenters. The van der Waals surface area contributed by atoms with Gasteiger partial charge in [0.05, 0.1) is 32.1 Å². The van der Waals surface area contributed by atoms with Gasteiger partial charge in [0.15, 0.2) is 0 Å². The summed E-state index contributed by atoms with van der Waals surface area (Å²) in [5.74, 6) is -1.68. The third-order valence-electron chi connectivity index (χ3n) is 4.00. The second-order valence-corrected chi connectivity index (χ2v) is 5.37. The lowest BCUT2D eigenvalue weighted by Crippen LogP contribution is -2.41. The first-order valence-electron chi connectivity index (χ1n) is 7.15. The minimum absolute atomic E-state index is 0.102. The molecule has 0 saturated carbocycles. The Bertz CT molecular complexity index is 629. The predicted octanol–water partition coefficient (Wildman–Crippen LogP) is 0.813. The van der Waals surface area contributed by atoms with Crippen LogP contribution in [0.2, 0.25) is 0 Å². The Hall–Kier alpha value is -2.41. The molecule has 0 aliphatic carbocycles. The topological polar surface area (TPSA) is 93.1 Å². The molecule has 1 N–H and O–H groups in total. The number of carbonyl (C=O) groups excluding carboxylic acids is 2. The van der Waals surface area contributed by atoms with E-state index in [1.165, 1.54) is 14.2 Å². The van der Waals surface area contributed by atoms with Gasteiger partial charge in [0, 0.05) is 19.1 Å². The van der Waals surface area contributed by atoms with Crippen LogP contribution in [0.1, 0.15) is 18.4 Å². The summed E-state index contributed by atoms with van der Waals surface area (Å²) in [7, 11) is 2.91. The van der Waals surface area contributed by atoms with Crippen LogP contribution in [0.3, 0.4) is 0 Å². The number of ether oxygens (including phenoxy) is 2. The van der Waals surface area contributed by atoms with Gasteiger partial charge in [-0.2, -0.15) is 0 Å². The summed E-state index contributed by atoms with van der Waals surface area (Å²) < 4.78 is 10.2. The molecule has 0 aromatic heterocycles. The highest BCUT2D eigenvalue weighted by Crippen LogP contribution is 2.43. The number of benzene rings is 1. The largest absolute Gasteiger partial charge is 0.496 e. The van der Waals surface area contributed by atoms with Gasteiger partial charge in [-0.25, -0.2) is 0 Å². The van der Waals surface area contributed by atoms with E-state index in [1.807, 2.05) is 0 Å². The summed E-state index contributed by atoms with van der Waals surface area (Å²) in [6.45, 7) is 0.303. The normalized spacial score (nSPS) is 20.9. The Balaban J connectivity index is 2.51. The molecule has 1 unspecified atom stereocenters. The fourth-order valence-electron chi connectivity index (χ4n) is 2.95. The standard InChI is InChI=1S/C16H19NO6/c1-22-8-7-17-13(18)9-16(15(17)21,10-14(19)20)11-5-3-4-6-12(11)23-2/h3-6H,7-10H2,1-2H3,(H,19,20). The van der Waals surface area contributed by atoms with Crippen molar-refractivity contribution in [2.45, 2.75) is 18.3 Å². The number of para-hydroxylation sites is 1. The van der Waals surface area contributed by atoms with E-state index in [4.69, 9.17) is 9.47 Å². The maximum Gasteiger partial charge on any atom is 0.304 e. The lowest BCUT2D eigenvalue weighted by atomic mass is 9.75. The van der Waals surface area contributed by atoms with Crippen molar-refractivity contribution in [3.8, 4) is 5.75 Å². The zero-order chi connectivity index (χ0) is 17.0. The quantitative estimate of drug-likeness (QED) is 0.747. The molecule has 0 radical (unpaired) electrons. The van der Waals surface area contributed by atoms with Crippen molar-refractivity contribution < 1.29 is 29.0 Å². The Morgan fingerprint density at radius 3 is 2.61 bits per heavy atom. The maximum atomic E-state index is 12.9. The Labute approximate surface area is 133 Å². The van der Waals surface area contributed by atoms with Gasteiger partial charge < -0.3 is 14.6 Å². The van der Waals surface area contributed by atoms with Crippen molar-refractivity contribution in [2.24, 2.45) is 0 Å². The van der Waals surface area contributed by atoms with E-state index < -0.39 is 29.6 Å². The minimum atomic E-state index is -1.44. The number of hydrogen-bond acceptors (Lipinski definition) is 5. The predicted molar refractivity (Wildman–Crippen MR) is 80.1 cm³/mol. The van der Waals surface area contributed by atoms with Crippen molar-refractivity contribution in [1.82, 2.24) is 4.90 Å². The first kappa shape index (κ1) is 17.0. The molecule has 1 aromatic carbocycles. The molecular weight excluding hydrogens is 302 g/mol. The lowest BCUT2D eigenvalue weighted by molar-refractivity contribution is -0.145. The Morgan fingerprint density at radius 2 is 2.00 bits per heavy atom. The van der Waals surface area contributed by atoms with Crippen LogP contribution >= 0.6 is 0 Å². The summed E-state index contributed by atoms with van der Waals surface area (Å²) in [4.78, 5) is 37.6. The van der Waals surface area contributed by atoms with Gasteiger partial charge in [-0.15, -0.1) is 0 Å². The van der Waals surface area contributed by atoms with Crippen molar-refractivity contribution in [2.75, 3.05) is 27.4 Å². The third-order valence-corrected chi connectivity index (χ3v) is 4.00. The van der Waals surface area contributed by atoms with E-state index in [2.05, 4.69) is 0 Å². The maximum absolute atomic E-state index is 12.9. The van der Waals surface area contributed by atoms with E-state index in [1.54, 1.807) is 24.3 Å². The molecular formula is C16H19NO6. The third kappa shape index (κ3) is 3.05. The molecule has 2 rings (SSSR count). The molecule has 1 fully saturated rings. The number of carbonyl (C=O) groups is 3. The van der Waals surface area contributed by atoms with E-state index in [0.29, 0.717) is 11.3 Å². The number of carboxylic acid groups (broad SMARTS) is 1. The highest BCUT2D eigenvalue weighted by molar-refractivity contribution is 6.10. The summed E-state index contributed by atoms with van der Waals surface area (Å²) in [5.41, 5.74) is -1.02. The molecule has 1 saturated heterocycles. The number of imide groups is 1. The van der Waals surface area contributed by atoms with Gasteiger partial charge in [-0.3, -0.25) is 19.3 Å². The zero-order valence-corrected chi connectivity index (χ0v) is 13.1. The molecule has 1 heterocycles. The monoisotopic (exact) mass is 321 g/mol. The Morgan fingerprint density at radius 1 is 1.30 bits per heavy atom. The summed E-state index contributed by atoms with van der Waals surface area (Å²) in [6, 6.07) is 6.69. The molecule has 23 heavy (non-hydrogen) atoms. The van der Waals surface area contributed by atoms with Gasteiger partial charge in [0.2, 0.25) is 11.8 Å². The van der Waals surface area contributed by atoms with E-state index in [-0.39, 0.29) is 19.6 Å². The number of nitrogens with zero attached hydrogens (tertiary/aromatic N) is 1. The highest BCUT2D eigenvalue weighted by atomic mass is 16.5. The number of methoxy groups -OCH3 is 2. The van der Waals surface area contributed by atoms with Gasteiger partial charge in [-0.05, 0) is 6.07 Å². The minimum Gasteiger partial charge on any atom is -0.496 e. The second kappa shape index (κ2) is 6.78. The number of rotatable bonds is 7. The summed E-state index contributed by atoms with van der Waals surface area (Å²) in [6.07, 6.45) is -0.663. The number of carboxylic acids is 1. The van der Waals surface area contributed by atoms with Gasteiger partial charge >= 0.3 is 5.97 Å². The number of hydrogen-bond donors (Lipinski definition) is 1. The average molecular weight is 321 g/mol. The molecule has 0 bridgehead atoms. The fourth-order valence-corrected chi connectivity index (χ4v) is 2.95. The van der Waals surface area contributed by atoms with Crippen molar-refractivity contribution >= 4 is 17.8 Å². The van der Waals surface area contributed by atoms with Crippen molar-refractivity contribution in [3.05, 3.63) is 29.8 Å². The van der Waals surface area contributed by atoms with Crippen molar-refractivity contribution in [3.63, 3.8) is 0 Å². The zero-order valence-electron chi connectivity index (χ0n) is 13.1. The van der Waals surface area contributed by atoms with E-state index >= 15 is 0 Å². The van der Waals surface area contributed by atoms with Crippen LogP contribution in [0, 0.1) is 0 Å². The molecule has 7 nitrogen and oxygen atoms in total. The van der Waals surface area contributed by atoms with Crippen molar-refractivity contribution in [1.29, 1.82) is 0 Å². The molecule has 1 aliphatic heterocycles. The molecule has 0 spiro atoms. The average Bonchev–Trinajstić information content (AvgIpc) is 2.76. The number of likely N-dealkylation sites (tertiary alicyclic amines) is 1. The lowest BCUT2D eigenvalue weighted by Gasteiger charge is -2.27. The first-order valence-corrected chi connectivity index (χ1v) is 7.15. The molecule has 1 aliphatic rings. The van der Waals surface area contributed by atoms with Crippen LogP contribution in [-0.2, 0) is 24.5 Å². The SMILES string of the molecule is COCCN1C(=O)CC(CC(=O)O)(c2ccccc2OC)C1=O. The molecule has 124 valence electrons. The smallest absolute Gasteiger partial charge is 0.304 e. The van der Waals surface area contributed by atoms with E-state index in [0.717, 1.165) is 4.90 Å². The van der Waals surface area contributed by atoms with Crippen LogP contribution in [0.15, 0.2) is 24.3 Å².